The Balaban J connectivity index is 1.15. The van der Waals surface area contributed by atoms with Crippen molar-refractivity contribution >= 4 is 22.5 Å². The van der Waals surface area contributed by atoms with Crippen molar-refractivity contribution in [3.63, 3.8) is 0 Å². The number of aryl methyl sites for hydroxylation is 1. The second-order valence-corrected chi connectivity index (χ2v) is 11.4. The van der Waals surface area contributed by atoms with Crippen LogP contribution >= 0.6 is 0 Å². The third-order valence-corrected chi connectivity index (χ3v) is 8.90. The fourth-order valence-electron chi connectivity index (χ4n) is 6.38. The summed E-state index contributed by atoms with van der Waals surface area (Å²) >= 11 is 0. The smallest absolute Gasteiger partial charge is 0.154 e. The number of hydrogen-bond acceptors (Lipinski definition) is 7. The van der Waals surface area contributed by atoms with E-state index in [4.69, 9.17) is 14.7 Å². The topological polar surface area (TPSA) is 72.6 Å². The van der Waals surface area contributed by atoms with Gasteiger partial charge in [0.1, 0.15) is 17.1 Å². The van der Waals surface area contributed by atoms with Gasteiger partial charge in [-0.25, -0.2) is 9.97 Å². The number of aromatic nitrogens is 3. The van der Waals surface area contributed by atoms with Gasteiger partial charge in [-0.15, -0.1) is 0 Å². The molecule has 2 N–H and O–H groups in total. The van der Waals surface area contributed by atoms with Crippen LogP contribution in [0.3, 0.4) is 0 Å². The average molecular weight is 554 g/mol. The summed E-state index contributed by atoms with van der Waals surface area (Å²) in [4.78, 5) is 20.8. The minimum Gasteiger partial charge on any atom is -0.496 e. The van der Waals surface area contributed by atoms with E-state index in [1.54, 1.807) is 7.11 Å². The highest BCUT2D eigenvalue weighted by Gasteiger charge is 2.27. The monoisotopic (exact) mass is 553 g/mol. The lowest BCUT2D eigenvalue weighted by Gasteiger charge is -2.42. The lowest BCUT2D eigenvalue weighted by atomic mass is 10.0. The van der Waals surface area contributed by atoms with Crippen molar-refractivity contribution in [2.75, 3.05) is 63.6 Å². The number of piperidine rings is 1. The number of nitrogens with one attached hydrogen (secondary N) is 2. The molecular formula is C33H43N7O. The molecule has 0 unspecified atom stereocenters. The number of hydrogen-bond donors (Lipinski definition) is 2. The molecule has 0 saturated carbocycles. The first-order valence-corrected chi connectivity index (χ1v) is 15.1. The molecule has 0 aliphatic carbocycles. The molecule has 4 heterocycles. The maximum absolute atomic E-state index is 5.89. The summed E-state index contributed by atoms with van der Waals surface area (Å²) in [7, 11) is 3.99. The first kappa shape index (κ1) is 27.5. The van der Waals surface area contributed by atoms with Crippen LogP contribution in [0.25, 0.3) is 11.0 Å². The zero-order valence-electron chi connectivity index (χ0n) is 24.7. The van der Waals surface area contributed by atoms with Crippen LogP contribution in [0, 0.1) is 0 Å². The van der Waals surface area contributed by atoms with Crippen LogP contribution in [0.1, 0.15) is 42.3 Å². The third-order valence-electron chi connectivity index (χ3n) is 8.90. The van der Waals surface area contributed by atoms with E-state index < -0.39 is 0 Å². The molecule has 8 nitrogen and oxygen atoms in total. The van der Waals surface area contributed by atoms with E-state index in [9.17, 15) is 0 Å². The molecule has 0 atom stereocenters. The van der Waals surface area contributed by atoms with Gasteiger partial charge in [0.2, 0.25) is 0 Å². The molecule has 2 saturated heterocycles. The molecule has 0 amide bonds. The molecular weight excluding hydrogens is 510 g/mol. The van der Waals surface area contributed by atoms with Gasteiger partial charge in [0, 0.05) is 81.8 Å². The minimum absolute atomic E-state index is 0.607. The van der Waals surface area contributed by atoms with Gasteiger partial charge < -0.3 is 24.8 Å². The van der Waals surface area contributed by atoms with Crippen molar-refractivity contribution in [2.24, 2.45) is 0 Å². The Morgan fingerprint density at radius 3 is 2.46 bits per heavy atom. The molecule has 2 aromatic heterocycles. The Morgan fingerprint density at radius 2 is 1.71 bits per heavy atom. The number of nitrogens with zero attached hydrogens (tertiary/aromatic N) is 5. The summed E-state index contributed by atoms with van der Waals surface area (Å²) in [5.74, 6) is 2.51. The van der Waals surface area contributed by atoms with Gasteiger partial charge >= 0.3 is 0 Å². The highest BCUT2D eigenvalue weighted by Crippen LogP contribution is 2.31. The van der Waals surface area contributed by atoms with Crippen LogP contribution in [0.4, 0.5) is 11.5 Å². The number of piperazine rings is 1. The predicted octanol–water partition coefficient (Wildman–Crippen LogP) is 4.95. The molecule has 0 bridgehead atoms. The maximum Gasteiger partial charge on any atom is 0.154 e. The molecule has 41 heavy (non-hydrogen) atoms. The molecule has 2 fully saturated rings. The molecule has 2 aliphatic rings. The Bertz CT molecular complexity index is 1450. The van der Waals surface area contributed by atoms with E-state index in [1.165, 1.54) is 55.8 Å². The number of fused-ring (bicyclic) bond motifs is 1. The normalized spacial score (nSPS) is 17.3. The summed E-state index contributed by atoms with van der Waals surface area (Å²) in [5.41, 5.74) is 6.83. The van der Waals surface area contributed by atoms with Gasteiger partial charge in [0.25, 0.3) is 0 Å². The Morgan fingerprint density at radius 1 is 0.927 bits per heavy atom. The fourth-order valence-corrected chi connectivity index (χ4v) is 6.38. The zero-order chi connectivity index (χ0) is 28.2. The first-order chi connectivity index (χ1) is 20.1. The predicted molar refractivity (Wildman–Crippen MR) is 167 cm³/mol. The second-order valence-electron chi connectivity index (χ2n) is 11.4. The van der Waals surface area contributed by atoms with Crippen molar-refractivity contribution in [1.82, 2.24) is 24.8 Å². The van der Waals surface area contributed by atoms with Gasteiger partial charge in [-0.05, 0) is 49.6 Å². The summed E-state index contributed by atoms with van der Waals surface area (Å²) in [6.45, 7) is 9.85. The summed E-state index contributed by atoms with van der Waals surface area (Å²) in [5, 5.41) is 3.57. The van der Waals surface area contributed by atoms with E-state index in [2.05, 4.69) is 81.4 Å². The van der Waals surface area contributed by atoms with Crippen molar-refractivity contribution in [3.8, 4) is 5.75 Å². The summed E-state index contributed by atoms with van der Waals surface area (Å²) < 4.78 is 5.89. The number of rotatable bonds is 9. The molecule has 0 radical (unpaired) electrons. The number of likely N-dealkylation sites (N-methyl/N-ethyl adjacent to an activating group) is 1. The highest BCUT2D eigenvalue weighted by atomic mass is 16.5. The minimum atomic E-state index is 0.607. The average Bonchev–Trinajstić information content (AvgIpc) is 3.50. The number of ether oxygens (including phenoxy) is 1. The number of H-pyrrole nitrogens is 1. The van der Waals surface area contributed by atoms with Gasteiger partial charge in [-0.2, -0.15) is 0 Å². The van der Waals surface area contributed by atoms with Crippen LogP contribution in [0.15, 0.2) is 54.7 Å². The van der Waals surface area contributed by atoms with E-state index >= 15 is 0 Å². The largest absolute Gasteiger partial charge is 0.496 e. The van der Waals surface area contributed by atoms with Crippen molar-refractivity contribution in [1.29, 1.82) is 0 Å². The van der Waals surface area contributed by atoms with Crippen LogP contribution in [0.5, 0.6) is 5.75 Å². The van der Waals surface area contributed by atoms with E-state index in [1.807, 2.05) is 12.3 Å². The van der Waals surface area contributed by atoms with E-state index in [0.29, 0.717) is 12.5 Å². The quantitative estimate of drug-likeness (QED) is 0.304. The second kappa shape index (κ2) is 12.5. The number of benzene rings is 2. The van der Waals surface area contributed by atoms with Gasteiger partial charge in [0.15, 0.2) is 5.82 Å². The van der Waals surface area contributed by atoms with Gasteiger partial charge in [-0.1, -0.05) is 37.3 Å². The molecule has 4 aromatic rings. The third kappa shape index (κ3) is 6.19. The van der Waals surface area contributed by atoms with Crippen LogP contribution in [-0.4, -0.2) is 84.2 Å². The molecule has 2 aliphatic heterocycles. The fraction of sp³-hybridized carbons (Fsp3) is 0.455. The standard InChI is InChI=1S/C33H43N7O/c1-4-24-7-5-6-8-26(24)23-35-33-32-29(11-14-34-32)36-31(37-33)21-25-9-10-28(22-30(25)41-3)39-15-12-27(13-16-39)40-19-17-38(2)18-20-40/h5-11,14,22,27,34H,4,12-13,15-21,23H2,1-3H3,(H,35,36,37). The Hall–Kier alpha value is -3.62. The summed E-state index contributed by atoms with van der Waals surface area (Å²) in [6, 6.07) is 17.9. The molecule has 6 rings (SSSR count). The number of anilines is 2. The molecule has 8 heteroatoms. The van der Waals surface area contributed by atoms with Crippen LogP contribution < -0.4 is 15.0 Å². The maximum atomic E-state index is 5.89. The molecule has 2 aromatic carbocycles. The van der Waals surface area contributed by atoms with E-state index in [-0.39, 0.29) is 0 Å². The molecule has 216 valence electrons. The van der Waals surface area contributed by atoms with Crippen molar-refractivity contribution in [3.05, 3.63) is 77.2 Å². The summed E-state index contributed by atoms with van der Waals surface area (Å²) in [6.07, 6.45) is 5.98. The van der Waals surface area contributed by atoms with Crippen LogP contribution in [0.2, 0.25) is 0 Å². The van der Waals surface area contributed by atoms with Crippen molar-refractivity contribution in [2.45, 2.75) is 45.2 Å². The highest BCUT2D eigenvalue weighted by molar-refractivity contribution is 5.85. The molecule has 0 spiro atoms. The van der Waals surface area contributed by atoms with Crippen molar-refractivity contribution < 1.29 is 4.74 Å². The number of methoxy groups -OCH3 is 1. The van der Waals surface area contributed by atoms with Crippen LogP contribution in [-0.2, 0) is 19.4 Å². The SMILES string of the molecule is CCc1ccccc1CNc1nc(Cc2ccc(N3CCC(N4CCN(C)CC4)CC3)cc2OC)nc2cc[nH]c12. The van der Waals surface area contributed by atoms with Gasteiger partial charge in [-0.3, -0.25) is 4.90 Å². The lowest BCUT2D eigenvalue weighted by molar-refractivity contribution is 0.0982. The lowest BCUT2D eigenvalue weighted by Crippen LogP contribution is -2.52. The van der Waals surface area contributed by atoms with Gasteiger partial charge in [0.05, 0.1) is 12.6 Å². The zero-order valence-corrected chi connectivity index (χ0v) is 24.7. The first-order valence-electron chi connectivity index (χ1n) is 15.1. The Kier molecular flexibility index (Phi) is 8.39. The Labute approximate surface area is 243 Å². The number of aromatic amines is 1. The van der Waals surface area contributed by atoms with E-state index in [0.717, 1.165) is 60.0 Å².